The maximum Gasteiger partial charge on any atom is 0.412 e. The zero-order valence-corrected chi connectivity index (χ0v) is 31.8. The first-order valence-corrected chi connectivity index (χ1v) is 17.1. The number of nitrogens with one attached hydrogen (secondary N) is 3. The minimum absolute atomic E-state index is 0.0642. The number of rotatable bonds is 9. The van der Waals surface area contributed by atoms with Crippen LogP contribution in [0.15, 0.2) is 56.7 Å². The monoisotopic (exact) mass is 751 g/mol. The van der Waals surface area contributed by atoms with Crippen molar-refractivity contribution in [2.75, 3.05) is 37.9 Å². The van der Waals surface area contributed by atoms with Gasteiger partial charge in [-0.25, -0.2) is 14.2 Å². The van der Waals surface area contributed by atoms with Crippen LogP contribution in [0.2, 0.25) is 0 Å². The molecular formula is C35H46BrN9O5. The number of fused-ring (bicyclic) bond motifs is 2. The molecule has 3 heterocycles. The van der Waals surface area contributed by atoms with Crippen LogP contribution < -0.4 is 26.5 Å². The first-order chi connectivity index (χ1) is 23.4. The minimum atomic E-state index is -0.585. The number of aromatic amines is 1. The van der Waals surface area contributed by atoms with Gasteiger partial charge in [0.2, 0.25) is 0 Å². The van der Waals surface area contributed by atoms with Crippen molar-refractivity contribution in [2.45, 2.75) is 73.1 Å². The van der Waals surface area contributed by atoms with E-state index in [1.807, 2.05) is 71.8 Å². The molecule has 0 bridgehead atoms. The van der Waals surface area contributed by atoms with Gasteiger partial charge >= 0.3 is 6.09 Å². The number of hydrogen-bond acceptors (Lipinski definition) is 10. The number of amides is 1. The van der Waals surface area contributed by atoms with Gasteiger partial charge in [-0.3, -0.25) is 20.0 Å². The molecule has 3 N–H and O–H groups in total. The lowest BCUT2D eigenvalue weighted by molar-refractivity contribution is 0.0636. The average Bonchev–Trinajstić information content (AvgIpc) is 3.43. The summed E-state index contributed by atoms with van der Waals surface area (Å²) in [7, 11) is 3.98. The minimum Gasteiger partial charge on any atom is -0.492 e. The van der Waals surface area contributed by atoms with Gasteiger partial charge in [0.1, 0.15) is 22.6 Å². The number of ether oxygens (including phenoxy) is 2. The molecule has 0 saturated carbocycles. The smallest absolute Gasteiger partial charge is 0.412 e. The Kier molecular flexibility index (Phi) is 12.1. The molecular weight excluding hydrogens is 706 g/mol. The number of hydrogen-bond donors (Lipinski definition) is 3. The topological polar surface area (TPSA) is 161 Å². The van der Waals surface area contributed by atoms with Crippen LogP contribution in [0.25, 0.3) is 21.5 Å². The molecule has 50 heavy (non-hydrogen) atoms. The first kappa shape index (κ1) is 38.0. The van der Waals surface area contributed by atoms with E-state index in [9.17, 15) is 14.4 Å². The number of aryl methyl sites for hydroxylation is 1. The van der Waals surface area contributed by atoms with Gasteiger partial charge < -0.3 is 19.7 Å². The lowest BCUT2D eigenvalue weighted by Gasteiger charge is -2.19. The van der Waals surface area contributed by atoms with Crippen molar-refractivity contribution in [1.29, 1.82) is 0 Å². The van der Waals surface area contributed by atoms with Crippen molar-refractivity contribution in [3.63, 3.8) is 0 Å². The highest BCUT2D eigenvalue weighted by molar-refractivity contribution is 9.10. The van der Waals surface area contributed by atoms with E-state index in [4.69, 9.17) is 9.47 Å². The normalized spacial score (nSPS) is 11.6. The fraction of sp³-hybridized carbons (Fsp3) is 0.429. The largest absolute Gasteiger partial charge is 0.492 e. The predicted octanol–water partition coefficient (Wildman–Crippen LogP) is 6.78. The van der Waals surface area contributed by atoms with Gasteiger partial charge in [-0.15, -0.1) is 0 Å². The second-order valence-electron chi connectivity index (χ2n) is 13.6. The van der Waals surface area contributed by atoms with Gasteiger partial charge in [0.15, 0.2) is 11.6 Å². The van der Waals surface area contributed by atoms with Crippen LogP contribution in [0.1, 0.15) is 66.2 Å². The van der Waals surface area contributed by atoms with E-state index in [2.05, 4.69) is 47.0 Å². The molecule has 0 fully saturated rings. The molecule has 0 spiro atoms. The Morgan fingerprint density at radius 2 is 1.54 bits per heavy atom. The maximum atomic E-state index is 12.9. The van der Waals surface area contributed by atoms with Gasteiger partial charge in [0, 0.05) is 34.8 Å². The summed E-state index contributed by atoms with van der Waals surface area (Å²) in [5.41, 5.74) is 0.513. The van der Waals surface area contributed by atoms with Crippen LogP contribution in [0.4, 0.5) is 22.1 Å². The third kappa shape index (κ3) is 9.69. The molecule has 268 valence electrons. The zero-order valence-electron chi connectivity index (χ0n) is 30.2. The number of aromatic nitrogens is 6. The summed E-state index contributed by atoms with van der Waals surface area (Å²) in [4.78, 5) is 39.3. The maximum absolute atomic E-state index is 12.9. The third-order valence-electron chi connectivity index (χ3n) is 7.15. The first-order valence-electron chi connectivity index (χ1n) is 16.3. The van der Waals surface area contributed by atoms with Crippen LogP contribution >= 0.6 is 15.9 Å². The van der Waals surface area contributed by atoms with Crippen molar-refractivity contribution < 1.29 is 14.3 Å². The van der Waals surface area contributed by atoms with Crippen LogP contribution in [0, 0.1) is 6.92 Å². The van der Waals surface area contributed by atoms with E-state index in [1.165, 1.54) is 9.36 Å². The Morgan fingerprint density at radius 1 is 0.920 bits per heavy atom. The SMILES string of the molecule is CC(C)n1nc(Br)c2ccc(NC(=O)OC(C)(C)C)cc2c1=O.Cc1cc(Nc2nn(C(C)C)c(=O)c3cc(OCCN(C)C)ccc23)n[nH]1. The summed E-state index contributed by atoms with van der Waals surface area (Å²) < 4.78 is 14.5. The van der Waals surface area contributed by atoms with Crippen LogP contribution in [0.3, 0.4) is 0 Å². The number of likely N-dealkylation sites (N-methyl/N-ethyl adjacent to an activating group) is 1. The van der Waals surface area contributed by atoms with E-state index < -0.39 is 11.7 Å². The third-order valence-corrected chi connectivity index (χ3v) is 7.74. The Hall–Kier alpha value is -4.76. The van der Waals surface area contributed by atoms with E-state index >= 15 is 0 Å². The Morgan fingerprint density at radius 3 is 2.12 bits per heavy atom. The molecule has 14 nitrogen and oxygen atoms in total. The molecule has 0 aliphatic heterocycles. The van der Waals surface area contributed by atoms with E-state index in [0.29, 0.717) is 50.4 Å². The van der Waals surface area contributed by atoms with Crippen molar-refractivity contribution in [2.24, 2.45) is 0 Å². The highest BCUT2D eigenvalue weighted by atomic mass is 79.9. The second kappa shape index (κ2) is 15.9. The summed E-state index contributed by atoms with van der Waals surface area (Å²) in [5, 5.41) is 24.2. The number of H-pyrrole nitrogens is 1. The highest BCUT2D eigenvalue weighted by Gasteiger charge is 2.18. The predicted molar refractivity (Wildman–Crippen MR) is 201 cm³/mol. The van der Waals surface area contributed by atoms with E-state index in [0.717, 1.165) is 17.6 Å². The fourth-order valence-electron chi connectivity index (χ4n) is 4.79. The van der Waals surface area contributed by atoms with Crippen molar-refractivity contribution in [3.05, 3.63) is 73.5 Å². The Bertz CT molecular complexity index is 2100. The van der Waals surface area contributed by atoms with Crippen molar-refractivity contribution in [1.82, 2.24) is 34.7 Å². The molecule has 0 aliphatic rings. The lowest BCUT2D eigenvalue weighted by atomic mass is 10.1. The number of nitrogens with zero attached hydrogens (tertiary/aromatic N) is 6. The molecule has 1 amide bonds. The summed E-state index contributed by atoms with van der Waals surface area (Å²) in [6.45, 7) is 16.3. The average molecular weight is 753 g/mol. The molecule has 0 unspecified atom stereocenters. The standard InChI is InChI=1S/C19H26N6O2.C16H20BrN3O3/c1-12(2)25-19(26)16-11-14(27-9-8-24(4)5)6-7-15(16)18(23-25)20-17-10-13(3)21-22-17;1-9(2)20-14(21)12-8-10(6-7-11(12)13(17)19-20)18-15(22)23-16(3,4)5/h6-7,10-12H,8-9H2,1-5H3,(H2,20,21,22,23);6-9H,1-5H3,(H,18,22). The summed E-state index contributed by atoms with van der Waals surface area (Å²) in [6, 6.07) is 12.3. The Balaban J connectivity index is 0.000000228. The van der Waals surface area contributed by atoms with Crippen molar-refractivity contribution >= 4 is 60.9 Å². The Labute approximate surface area is 299 Å². The second-order valence-corrected chi connectivity index (χ2v) is 14.4. The molecule has 0 radical (unpaired) electrons. The van der Waals surface area contributed by atoms with E-state index in [-0.39, 0.29) is 23.2 Å². The quantitative estimate of drug-likeness (QED) is 0.146. The fourth-order valence-corrected chi connectivity index (χ4v) is 5.30. The highest BCUT2D eigenvalue weighted by Crippen LogP contribution is 2.27. The summed E-state index contributed by atoms with van der Waals surface area (Å²) in [6.07, 6.45) is -0.561. The number of halogens is 1. The molecule has 0 atom stereocenters. The van der Waals surface area contributed by atoms with Gasteiger partial charge in [-0.05, 0) is 122 Å². The molecule has 0 saturated heterocycles. The molecule has 0 aliphatic carbocycles. The molecule has 15 heteroatoms. The van der Waals surface area contributed by atoms with Gasteiger partial charge in [-0.2, -0.15) is 15.3 Å². The van der Waals surface area contributed by atoms with Crippen LogP contribution in [-0.4, -0.2) is 73.6 Å². The number of anilines is 3. The van der Waals surface area contributed by atoms with Gasteiger partial charge in [0.25, 0.3) is 11.1 Å². The zero-order chi connectivity index (χ0) is 36.9. The molecule has 3 aromatic heterocycles. The lowest BCUT2D eigenvalue weighted by Crippen LogP contribution is -2.27. The number of carbonyl (C=O) groups excluding carboxylic acids is 1. The van der Waals surface area contributed by atoms with E-state index in [1.54, 1.807) is 45.0 Å². The number of benzene rings is 2. The molecule has 5 rings (SSSR count). The summed E-state index contributed by atoms with van der Waals surface area (Å²) >= 11 is 3.38. The van der Waals surface area contributed by atoms with Gasteiger partial charge in [-0.1, -0.05) is 0 Å². The molecule has 2 aromatic carbocycles. The molecule has 5 aromatic rings. The summed E-state index contributed by atoms with van der Waals surface area (Å²) in [5.74, 6) is 1.91. The van der Waals surface area contributed by atoms with Crippen LogP contribution in [0.5, 0.6) is 5.75 Å². The number of carbonyl (C=O) groups is 1. The van der Waals surface area contributed by atoms with Gasteiger partial charge in [0.05, 0.1) is 22.9 Å². The van der Waals surface area contributed by atoms with Crippen molar-refractivity contribution in [3.8, 4) is 5.75 Å². The van der Waals surface area contributed by atoms with Crippen LogP contribution in [-0.2, 0) is 4.74 Å².